The van der Waals surface area contributed by atoms with E-state index in [4.69, 9.17) is 9.47 Å². The topological polar surface area (TPSA) is 47.5 Å². The average Bonchev–Trinajstić information content (AvgIpc) is 2.49. The van der Waals surface area contributed by atoms with Gasteiger partial charge in [0.25, 0.3) is 0 Å². The summed E-state index contributed by atoms with van der Waals surface area (Å²) in [6, 6.07) is 11.5. The molecule has 0 atom stereocenters. The zero-order valence-electron chi connectivity index (χ0n) is 10.5. The predicted octanol–water partition coefficient (Wildman–Crippen LogP) is 2.11. The lowest BCUT2D eigenvalue weighted by molar-refractivity contribution is 0.122. The van der Waals surface area contributed by atoms with Crippen LogP contribution in [0.1, 0.15) is 0 Å². The number of para-hydroxylation sites is 1. The molecular weight excluding hydrogens is 242 g/mol. The van der Waals surface area contributed by atoms with Gasteiger partial charge in [-0.15, -0.1) is 0 Å². The molecule has 3 rings (SSSR count). The molecule has 0 amide bonds. The Morgan fingerprint density at radius 3 is 2.63 bits per heavy atom. The van der Waals surface area contributed by atoms with Gasteiger partial charge < -0.3 is 14.4 Å². The van der Waals surface area contributed by atoms with Crippen molar-refractivity contribution >= 4 is 5.82 Å². The fourth-order valence-corrected chi connectivity index (χ4v) is 1.96. The summed E-state index contributed by atoms with van der Waals surface area (Å²) in [6.45, 7) is 3.17. The van der Waals surface area contributed by atoms with Crippen molar-refractivity contribution in [3.63, 3.8) is 0 Å². The van der Waals surface area contributed by atoms with E-state index in [9.17, 15) is 0 Å². The molecule has 1 aliphatic rings. The smallest absolute Gasteiger partial charge is 0.224 e. The molecule has 1 aromatic heterocycles. The van der Waals surface area contributed by atoms with Crippen molar-refractivity contribution in [2.24, 2.45) is 0 Å². The Labute approximate surface area is 111 Å². The quantitative estimate of drug-likeness (QED) is 0.842. The Kier molecular flexibility index (Phi) is 3.56. The molecule has 0 N–H and O–H groups in total. The summed E-state index contributed by atoms with van der Waals surface area (Å²) in [7, 11) is 0. The lowest BCUT2D eigenvalue weighted by atomic mass is 10.3. The van der Waals surface area contributed by atoms with Gasteiger partial charge in [0.1, 0.15) is 17.9 Å². The summed E-state index contributed by atoms with van der Waals surface area (Å²) < 4.78 is 11.0. The van der Waals surface area contributed by atoms with E-state index >= 15 is 0 Å². The van der Waals surface area contributed by atoms with Crippen molar-refractivity contribution < 1.29 is 9.47 Å². The minimum absolute atomic E-state index is 0.558. The van der Waals surface area contributed by atoms with E-state index in [0.29, 0.717) is 5.88 Å². The number of anilines is 1. The molecule has 1 fully saturated rings. The van der Waals surface area contributed by atoms with E-state index < -0.39 is 0 Å². The van der Waals surface area contributed by atoms with Gasteiger partial charge in [-0.2, -0.15) is 0 Å². The van der Waals surface area contributed by atoms with E-state index in [1.165, 1.54) is 6.33 Å². The molecule has 1 aromatic carbocycles. The Hall–Kier alpha value is -2.14. The number of hydrogen-bond donors (Lipinski definition) is 0. The number of nitrogens with zero attached hydrogens (tertiary/aromatic N) is 3. The summed E-state index contributed by atoms with van der Waals surface area (Å²) in [5, 5.41) is 0. The molecule has 0 bridgehead atoms. The van der Waals surface area contributed by atoms with Gasteiger partial charge in [0.15, 0.2) is 0 Å². The second-order valence-corrected chi connectivity index (χ2v) is 4.23. The van der Waals surface area contributed by atoms with Crippen LogP contribution in [0, 0.1) is 0 Å². The van der Waals surface area contributed by atoms with E-state index in [2.05, 4.69) is 14.9 Å². The van der Waals surface area contributed by atoms with Crippen molar-refractivity contribution in [3.05, 3.63) is 42.7 Å². The molecule has 0 saturated carbocycles. The van der Waals surface area contributed by atoms with Crippen molar-refractivity contribution in [2.45, 2.75) is 0 Å². The monoisotopic (exact) mass is 257 g/mol. The van der Waals surface area contributed by atoms with Crippen LogP contribution < -0.4 is 9.64 Å². The molecule has 0 aliphatic carbocycles. The zero-order valence-corrected chi connectivity index (χ0v) is 10.5. The normalized spacial score (nSPS) is 15.3. The minimum Gasteiger partial charge on any atom is -0.439 e. The highest BCUT2D eigenvalue weighted by atomic mass is 16.5. The van der Waals surface area contributed by atoms with Crippen LogP contribution in [0.2, 0.25) is 0 Å². The van der Waals surface area contributed by atoms with Gasteiger partial charge in [-0.3, -0.25) is 0 Å². The first-order chi connectivity index (χ1) is 9.42. The molecule has 1 saturated heterocycles. The lowest BCUT2D eigenvalue weighted by Crippen LogP contribution is -2.36. The van der Waals surface area contributed by atoms with Gasteiger partial charge in [0.05, 0.1) is 13.2 Å². The average molecular weight is 257 g/mol. The Balaban J connectivity index is 1.76. The van der Waals surface area contributed by atoms with Gasteiger partial charge >= 0.3 is 0 Å². The third-order valence-electron chi connectivity index (χ3n) is 2.93. The van der Waals surface area contributed by atoms with Crippen LogP contribution in [0.3, 0.4) is 0 Å². The van der Waals surface area contributed by atoms with Crippen molar-refractivity contribution in [1.29, 1.82) is 0 Å². The summed E-state index contributed by atoms with van der Waals surface area (Å²) in [4.78, 5) is 10.6. The third-order valence-corrected chi connectivity index (χ3v) is 2.93. The maximum absolute atomic E-state index is 5.70. The number of benzene rings is 1. The Morgan fingerprint density at radius 1 is 1.05 bits per heavy atom. The van der Waals surface area contributed by atoms with Gasteiger partial charge in [-0.25, -0.2) is 9.97 Å². The van der Waals surface area contributed by atoms with Crippen LogP contribution in [0.25, 0.3) is 0 Å². The number of ether oxygens (including phenoxy) is 2. The van der Waals surface area contributed by atoms with Gasteiger partial charge in [0, 0.05) is 19.2 Å². The highest BCUT2D eigenvalue weighted by Gasteiger charge is 2.13. The van der Waals surface area contributed by atoms with Gasteiger partial charge in [-0.1, -0.05) is 18.2 Å². The second-order valence-electron chi connectivity index (χ2n) is 4.23. The van der Waals surface area contributed by atoms with Crippen molar-refractivity contribution in [1.82, 2.24) is 9.97 Å². The van der Waals surface area contributed by atoms with Crippen LogP contribution in [-0.4, -0.2) is 36.3 Å². The molecular formula is C14H15N3O2. The maximum Gasteiger partial charge on any atom is 0.224 e. The molecule has 5 heteroatoms. The van der Waals surface area contributed by atoms with Crippen LogP contribution in [-0.2, 0) is 4.74 Å². The zero-order chi connectivity index (χ0) is 12.9. The van der Waals surface area contributed by atoms with Gasteiger partial charge in [0.2, 0.25) is 5.88 Å². The highest BCUT2D eigenvalue weighted by Crippen LogP contribution is 2.22. The molecule has 2 heterocycles. The number of morpholine rings is 1. The molecule has 2 aromatic rings. The molecule has 1 aliphatic heterocycles. The fourth-order valence-electron chi connectivity index (χ4n) is 1.96. The lowest BCUT2D eigenvalue weighted by Gasteiger charge is -2.27. The summed E-state index contributed by atoms with van der Waals surface area (Å²) in [6.07, 6.45) is 1.53. The molecule has 0 radical (unpaired) electrons. The molecule has 5 nitrogen and oxygen atoms in total. The second kappa shape index (κ2) is 5.67. The minimum atomic E-state index is 0.558. The fraction of sp³-hybridized carbons (Fsp3) is 0.286. The largest absolute Gasteiger partial charge is 0.439 e. The van der Waals surface area contributed by atoms with Crippen molar-refractivity contribution in [3.8, 4) is 11.6 Å². The predicted molar refractivity (Wildman–Crippen MR) is 71.6 cm³/mol. The van der Waals surface area contributed by atoms with Gasteiger partial charge in [-0.05, 0) is 12.1 Å². The standard InChI is InChI=1S/C14H15N3O2/c1-2-4-12(5-3-1)19-14-10-13(15-11-16-14)17-6-8-18-9-7-17/h1-5,10-11H,6-9H2. The van der Waals surface area contributed by atoms with Crippen LogP contribution >= 0.6 is 0 Å². The molecule has 0 spiro atoms. The van der Waals surface area contributed by atoms with Crippen LogP contribution in [0.5, 0.6) is 11.6 Å². The maximum atomic E-state index is 5.70. The molecule has 0 unspecified atom stereocenters. The van der Waals surface area contributed by atoms with E-state index in [1.54, 1.807) is 0 Å². The summed E-state index contributed by atoms with van der Waals surface area (Å²) >= 11 is 0. The summed E-state index contributed by atoms with van der Waals surface area (Å²) in [5.41, 5.74) is 0. The Bertz CT molecular complexity index is 527. The van der Waals surface area contributed by atoms with E-state index in [1.807, 2.05) is 36.4 Å². The first-order valence-electron chi connectivity index (χ1n) is 6.29. The highest BCUT2D eigenvalue weighted by molar-refractivity contribution is 5.42. The number of rotatable bonds is 3. The van der Waals surface area contributed by atoms with Crippen LogP contribution in [0.4, 0.5) is 5.82 Å². The first kappa shape index (κ1) is 11.9. The Morgan fingerprint density at radius 2 is 1.84 bits per heavy atom. The van der Waals surface area contributed by atoms with E-state index in [-0.39, 0.29) is 0 Å². The first-order valence-corrected chi connectivity index (χ1v) is 6.29. The van der Waals surface area contributed by atoms with Crippen molar-refractivity contribution in [2.75, 3.05) is 31.2 Å². The third kappa shape index (κ3) is 3.00. The molecule has 19 heavy (non-hydrogen) atoms. The number of aromatic nitrogens is 2. The SMILES string of the molecule is c1ccc(Oc2cc(N3CCOCC3)ncn2)cc1. The van der Waals surface area contributed by atoms with E-state index in [0.717, 1.165) is 37.9 Å². The summed E-state index contributed by atoms with van der Waals surface area (Å²) in [5.74, 6) is 2.21. The van der Waals surface area contributed by atoms with Crippen LogP contribution in [0.15, 0.2) is 42.7 Å². The number of hydrogen-bond acceptors (Lipinski definition) is 5. The molecule has 98 valence electrons.